The summed E-state index contributed by atoms with van der Waals surface area (Å²) in [5, 5.41) is 22.0. The number of amides is 2. The highest BCUT2D eigenvalue weighted by Crippen LogP contribution is 2.41. The molecule has 10 nitrogen and oxygen atoms in total. The summed E-state index contributed by atoms with van der Waals surface area (Å²) in [6.45, 7) is 1.32. The number of aliphatic hydroxyl groups is 2. The van der Waals surface area contributed by atoms with Gasteiger partial charge in [0.25, 0.3) is 5.91 Å². The van der Waals surface area contributed by atoms with E-state index in [1.54, 1.807) is 45.4 Å². The maximum Gasteiger partial charge on any atom is 0.260 e. The lowest BCUT2D eigenvalue weighted by Gasteiger charge is -2.45. The summed E-state index contributed by atoms with van der Waals surface area (Å²) in [6.07, 6.45) is 0.595. The maximum atomic E-state index is 13.2. The third kappa shape index (κ3) is 7.05. The summed E-state index contributed by atoms with van der Waals surface area (Å²) in [4.78, 5) is 29.7. The number of benzene rings is 2. The largest absolute Gasteiger partial charge is 0.493 e. The van der Waals surface area contributed by atoms with Gasteiger partial charge in [0.1, 0.15) is 5.75 Å². The molecule has 2 aromatic rings. The molecule has 2 aliphatic rings. The molecule has 0 bridgehead atoms. The van der Waals surface area contributed by atoms with Crippen molar-refractivity contribution in [3.63, 3.8) is 0 Å². The minimum atomic E-state index is -0.981. The molecule has 41 heavy (non-hydrogen) atoms. The fraction of sp³-hybridized carbons (Fsp3) is 0.548. The van der Waals surface area contributed by atoms with Gasteiger partial charge >= 0.3 is 0 Å². The molecule has 10 heteroatoms. The third-order valence-corrected chi connectivity index (χ3v) is 8.41. The van der Waals surface area contributed by atoms with Gasteiger partial charge < -0.3 is 39.0 Å². The molecule has 2 aromatic carbocycles. The van der Waals surface area contributed by atoms with E-state index in [-0.39, 0.29) is 24.8 Å². The molecule has 1 spiro atoms. The Balaban J connectivity index is 1.43. The number of carbonyl (C=O) groups is 2. The fourth-order valence-corrected chi connectivity index (χ4v) is 6.01. The normalized spacial score (nSPS) is 21.3. The van der Waals surface area contributed by atoms with Crippen LogP contribution < -0.4 is 18.9 Å². The van der Waals surface area contributed by atoms with E-state index in [0.717, 1.165) is 11.1 Å². The highest BCUT2D eigenvalue weighted by Gasteiger charge is 2.41. The molecular weight excluding hydrogens is 528 g/mol. The quantitative estimate of drug-likeness (QED) is 0.544. The number of methoxy groups -OCH3 is 3. The molecule has 2 amide bonds. The lowest BCUT2D eigenvalue weighted by molar-refractivity contribution is -0.139. The predicted octanol–water partition coefficient (Wildman–Crippen LogP) is 2.46. The smallest absolute Gasteiger partial charge is 0.260 e. The van der Waals surface area contributed by atoms with Crippen LogP contribution in [0.4, 0.5) is 0 Å². The standard InChI is InChI=1S/C31H42N2O8/c1-32-20-31(18-24(35)23(34)17-22-7-5-6-8-25(22)41-19-28(32)37)13-15-33(16-14-31)27(36)12-10-21-9-11-26(38-2)30(40-4)29(21)39-3/h5-9,11,23-24,34-35H,10,12-20H2,1-4H3/t23-,24+/m0/s1. The van der Waals surface area contributed by atoms with E-state index in [1.807, 2.05) is 29.2 Å². The van der Waals surface area contributed by atoms with Crippen LogP contribution in [0.15, 0.2) is 36.4 Å². The first kappa shape index (κ1) is 30.5. The van der Waals surface area contributed by atoms with E-state index < -0.39 is 17.6 Å². The number of hydrogen-bond acceptors (Lipinski definition) is 8. The number of piperidine rings is 1. The van der Waals surface area contributed by atoms with Gasteiger partial charge in [-0.2, -0.15) is 0 Å². The Labute approximate surface area is 241 Å². The lowest BCUT2D eigenvalue weighted by atomic mass is 9.72. The number of rotatable bonds is 6. The molecule has 0 aliphatic carbocycles. The van der Waals surface area contributed by atoms with Crippen LogP contribution in [0.1, 0.15) is 36.8 Å². The number of carbonyl (C=O) groups excluding carboxylic acids is 2. The first-order valence-electron chi connectivity index (χ1n) is 14.1. The monoisotopic (exact) mass is 570 g/mol. The second-order valence-electron chi connectivity index (χ2n) is 11.1. The Morgan fingerprint density at radius 1 is 1.00 bits per heavy atom. The number of aryl methyl sites for hydroxylation is 1. The summed E-state index contributed by atoms with van der Waals surface area (Å²) in [5.41, 5.74) is 1.16. The van der Waals surface area contributed by atoms with Crippen LogP contribution in [0, 0.1) is 5.41 Å². The van der Waals surface area contributed by atoms with Gasteiger partial charge in [-0.25, -0.2) is 0 Å². The van der Waals surface area contributed by atoms with Crippen LogP contribution in [0.2, 0.25) is 0 Å². The number of hydrogen-bond donors (Lipinski definition) is 2. The number of fused-ring (bicyclic) bond motifs is 1. The average molecular weight is 571 g/mol. The number of likely N-dealkylation sites (tertiary alicyclic amines) is 1. The predicted molar refractivity (Wildman–Crippen MR) is 153 cm³/mol. The summed E-state index contributed by atoms with van der Waals surface area (Å²) in [6, 6.07) is 10.9. The molecule has 0 radical (unpaired) electrons. The zero-order chi connectivity index (χ0) is 29.6. The van der Waals surface area contributed by atoms with Gasteiger partial charge in [-0.15, -0.1) is 0 Å². The molecule has 224 valence electrons. The highest BCUT2D eigenvalue weighted by molar-refractivity contribution is 5.78. The molecule has 2 atom stereocenters. The third-order valence-electron chi connectivity index (χ3n) is 8.41. The minimum absolute atomic E-state index is 0.0277. The first-order chi connectivity index (χ1) is 19.7. The van der Waals surface area contributed by atoms with Gasteiger partial charge in [-0.05, 0) is 54.4 Å². The Kier molecular flexibility index (Phi) is 9.99. The van der Waals surface area contributed by atoms with E-state index in [9.17, 15) is 19.8 Å². The van der Waals surface area contributed by atoms with Crippen LogP contribution in [-0.4, -0.2) is 98.7 Å². The summed E-state index contributed by atoms with van der Waals surface area (Å²) in [7, 11) is 6.41. The van der Waals surface area contributed by atoms with E-state index in [0.29, 0.717) is 74.7 Å². The number of nitrogens with zero attached hydrogens (tertiary/aromatic N) is 2. The van der Waals surface area contributed by atoms with Crippen molar-refractivity contribution >= 4 is 11.8 Å². The number of aliphatic hydroxyl groups excluding tert-OH is 2. The zero-order valence-corrected chi connectivity index (χ0v) is 24.4. The Morgan fingerprint density at radius 2 is 1.71 bits per heavy atom. The van der Waals surface area contributed by atoms with Gasteiger partial charge in [-0.1, -0.05) is 24.3 Å². The van der Waals surface area contributed by atoms with Crippen LogP contribution in [0.3, 0.4) is 0 Å². The summed E-state index contributed by atoms with van der Waals surface area (Å²) in [5.74, 6) is 2.02. The SMILES string of the molecule is COc1ccc(CCC(=O)N2CCC3(CC2)C[C@@H](O)[C@@H](O)Cc2ccccc2OCC(=O)N(C)C3)c(OC)c1OC. The van der Waals surface area contributed by atoms with Gasteiger partial charge in [0.2, 0.25) is 11.7 Å². The van der Waals surface area contributed by atoms with E-state index in [4.69, 9.17) is 18.9 Å². The Morgan fingerprint density at radius 3 is 2.39 bits per heavy atom. The Bertz CT molecular complexity index is 1210. The molecule has 0 unspecified atom stereocenters. The highest BCUT2D eigenvalue weighted by atomic mass is 16.5. The van der Waals surface area contributed by atoms with Crippen molar-refractivity contribution in [2.45, 2.75) is 50.7 Å². The second kappa shape index (κ2) is 13.4. The van der Waals surface area contributed by atoms with Crippen LogP contribution >= 0.6 is 0 Å². The van der Waals surface area contributed by atoms with Crippen molar-refractivity contribution in [1.29, 1.82) is 0 Å². The van der Waals surface area contributed by atoms with Gasteiger partial charge in [0, 0.05) is 39.5 Å². The van der Waals surface area contributed by atoms with Crippen molar-refractivity contribution < 1.29 is 38.7 Å². The average Bonchev–Trinajstić information content (AvgIpc) is 2.98. The number of likely N-dealkylation sites (N-methyl/N-ethyl adjacent to an activating group) is 1. The molecule has 0 aromatic heterocycles. The molecule has 1 saturated heterocycles. The van der Waals surface area contributed by atoms with E-state index in [2.05, 4.69) is 0 Å². The van der Waals surface area contributed by atoms with Crippen molar-refractivity contribution in [2.75, 3.05) is 54.6 Å². The van der Waals surface area contributed by atoms with Crippen molar-refractivity contribution in [3.05, 3.63) is 47.5 Å². The van der Waals surface area contributed by atoms with Crippen LogP contribution in [0.25, 0.3) is 0 Å². The Hall–Kier alpha value is -3.50. The topological polar surface area (TPSA) is 118 Å². The second-order valence-corrected chi connectivity index (χ2v) is 11.1. The van der Waals surface area contributed by atoms with Crippen LogP contribution in [0.5, 0.6) is 23.0 Å². The minimum Gasteiger partial charge on any atom is -0.493 e. The molecule has 4 rings (SSSR count). The van der Waals surface area contributed by atoms with E-state index in [1.165, 1.54) is 0 Å². The molecule has 0 saturated carbocycles. The van der Waals surface area contributed by atoms with Crippen LogP contribution in [-0.2, 0) is 22.4 Å². The molecule has 2 heterocycles. The van der Waals surface area contributed by atoms with Gasteiger partial charge in [0.05, 0.1) is 33.5 Å². The van der Waals surface area contributed by atoms with E-state index >= 15 is 0 Å². The summed E-state index contributed by atoms with van der Waals surface area (Å²) >= 11 is 0. The first-order valence-corrected chi connectivity index (χ1v) is 14.1. The number of ether oxygens (including phenoxy) is 4. The van der Waals surface area contributed by atoms with Crippen molar-refractivity contribution in [2.24, 2.45) is 5.41 Å². The molecule has 1 fully saturated rings. The lowest BCUT2D eigenvalue weighted by Crippen LogP contribution is -2.51. The van der Waals surface area contributed by atoms with Gasteiger partial charge in [0.15, 0.2) is 18.1 Å². The number of para-hydroxylation sites is 1. The summed E-state index contributed by atoms with van der Waals surface area (Å²) < 4.78 is 22.2. The van der Waals surface area contributed by atoms with Crippen molar-refractivity contribution in [3.8, 4) is 23.0 Å². The molecular formula is C31H42N2O8. The van der Waals surface area contributed by atoms with Gasteiger partial charge in [-0.3, -0.25) is 9.59 Å². The zero-order valence-electron chi connectivity index (χ0n) is 24.4. The maximum absolute atomic E-state index is 13.2. The fourth-order valence-electron chi connectivity index (χ4n) is 6.01. The molecule has 2 aliphatic heterocycles. The molecule has 2 N–H and O–H groups in total. The van der Waals surface area contributed by atoms with Crippen molar-refractivity contribution in [1.82, 2.24) is 9.80 Å².